The summed E-state index contributed by atoms with van der Waals surface area (Å²) in [5.41, 5.74) is 3.97. The number of amides is 1. The number of nitrogens with zero attached hydrogens (tertiary/aromatic N) is 1. The average Bonchev–Trinajstić information content (AvgIpc) is 2.79. The first-order valence-corrected chi connectivity index (χ1v) is 9.03. The second kappa shape index (κ2) is 9.88. The summed E-state index contributed by atoms with van der Waals surface area (Å²) in [4.78, 5) is 24.4. The Kier molecular flexibility index (Phi) is 6.78. The minimum absolute atomic E-state index is 0.351. The minimum atomic E-state index is -0.487. The zero-order valence-electron chi connectivity index (χ0n) is 16.5. The molecule has 0 heterocycles. The van der Waals surface area contributed by atoms with Crippen LogP contribution in [-0.2, 0) is 0 Å². The number of benzene rings is 3. The molecule has 0 aliphatic rings. The molecule has 0 aromatic heterocycles. The molecular weight excluding hydrogens is 384 g/mol. The van der Waals surface area contributed by atoms with E-state index in [2.05, 4.69) is 10.5 Å². The molecule has 0 aliphatic heterocycles. The number of rotatable bonds is 7. The van der Waals surface area contributed by atoms with E-state index in [9.17, 15) is 9.59 Å². The van der Waals surface area contributed by atoms with Crippen LogP contribution in [0.4, 0.5) is 0 Å². The number of carbonyl (C=O) groups is 2. The van der Waals surface area contributed by atoms with E-state index in [0.717, 1.165) is 0 Å². The van der Waals surface area contributed by atoms with Gasteiger partial charge in [0.2, 0.25) is 0 Å². The van der Waals surface area contributed by atoms with Gasteiger partial charge in [0.25, 0.3) is 5.91 Å². The molecule has 3 aromatic carbocycles. The third-order valence-corrected chi connectivity index (χ3v) is 4.13. The summed E-state index contributed by atoms with van der Waals surface area (Å²) < 4.78 is 15.5. The average molecular weight is 404 g/mol. The normalized spacial score (nSPS) is 10.5. The first-order valence-electron chi connectivity index (χ1n) is 9.03. The molecule has 0 saturated carbocycles. The van der Waals surface area contributed by atoms with Gasteiger partial charge in [-0.15, -0.1) is 0 Å². The van der Waals surface area contributed by atoms with Crippen LogP contribution in [0.1, 0.15) is 26.3 Å². The van der Waals surface area contributed by atoms with Gasteiger partial charge in [-0.05, 0) is 66.2 Å². The van der Waals surface area contributed by atoms with Crippen molar-refractivity contribution in [1.29, 1.82) is 0 Å². The lowest BCUT2D eigenvalue weighted by molar-refractivity contribution is 0.0734. The topological polar surface area (TPSA) is 86.2 Å². The van der Waals surface area contributed by atoms with Gasteiger partial charge in [-0.1, -0.05) is 12.1 Å². The van der Waals surface area contributed by atoms with Crippen molar-refractivity contribution in [1.82, 2.24) is 5.43 Å². The number of ether oxygens (including phenoxy) is 3. The van der Waals surface area contributed by atoms with E-state index in [0.29, 0.717) is 33.9 Å². The lowest BCUT2D eigenvalue weighted by Crippen LogP contribution is -2.17. The number of esters is 1. The van der Waals surface area contributed by atoms with Crippen LogP contribution in [-0.4, -0.2) is 32.3 Å². The molecule has 152 valence electrons. The third kappa shape index (κ3) is 5.45. The largest absolute Gasteiger partial charge is 0.497 e. The van der Waals surface area contributed by atoms with E-state index in [1.807, 2.05) is 0 Å². The Morgan fingerprint density at radius 1 is 0.800 bits per heavy atom. The van der Waals surface area contributed by atoms with Gasteiger partial charge in [-0.25, -0.2) is 10.2 Å². The molecule has 3 aromatic rings. The summed E-state index contributed by atoms with van der Waals surface area (Å²) in [6.45, 7) is 0. The van der Waals surface area contributed by atoms with Crippen molar-refractivity contribution >= 4 is 18.1 Å². The monoisotopic (exact) mass is 404 g/mol. The summed E-state index contributed by atoms with van der Waals surface area (Å²) >= 11 is 0. The summed E-state index contributed by atoms with van der Waals surface area (Å²) in [6.07, 6.45) is 1.46. The van der Waals surface area contributed by atoms with Gasteiger partial charge in [0.15, 0.2) is 0 Å². The molecule has 30 heavy (non-hydrogen) atoms. The predicted octanol–water partition coefficient (Wildman–Crippen LogP) is 3.69. The van der Waals surface area contributed by atoms with Gasteiger partial charge in [-0.2, -0.15) is 5.10 Å². The Labute approximate surface area is 173 Å². The fourth-order valence-electron chi connectivity index (χ4n) is 2.52. The Morgan fingerprint density at radius 2 is 1.40 bits per heavy atom. The van der Waals surface area contributed by atoms with Crippen LogP contribution in [0.15, 0.2) is 77.9 Å². The van der Waals surface area contributed by atoms with Crippen molar-refractivity contribution in [3.8, 4) is 17.2 Å². The highest BCUT2D eigenvalue weighted by molar-refractivity contribution is 5.95. The zero-order chi connectivity index (χ0) is 21.3. The lowest BCUT2D eigenvalue weighted by Gasteiger charge is -2.06. The van der Waals surface area contributed by atoms with Crippen LogP contribution in [0.25, 0.3) is 0 Å². The summed E-state index contributed by atoms with van der Waals surface area (Å²) in [7, 11) is 3.11. The number of hydrogen-bond acceptors (Lipinski definition) is 6. The molecule has 0 spiro atoms. The van der Waals surface area contributed by atoms with Crippen LogP contribution in [0, 0.1) is 0 Å². The van der Waals surface area contributed by atoms with Gasteiger partial charge < -0.3 is 14.2 Å². The molecular formula is C23H20N2O5. The molecule has 0 aliphatic carbocycles. The molecule has 0 fully saturated rings. The molecule has 0 radical (unpaired) electrons. The maximum atomic E-state index is 12.3. The fourth-order valence-corrected chi connectivity index (χ4v) is 2.52. The maximum Gasteiger partial charge on any atom is 0.343 e. The molecule has 0 atom stereocenters. The Balaban J connectivity index is 1.60. The van der Waals surface area contributed by atoms with Crippen LogP contribution in [0.2, 0.25) is 0 Å². The van der Waals surface area contributed by atoms with E-state index >= 15 is 0 Å². The van der Waals surface area contributed by atoms with Crippen LogP contribution < -0.4 is 19.6 Å². The van der Waals surface area contributed by atoms with Gasteiger partial charge in [0.1, 0.15) is 17.2 Å². The maximum absolute atomic E-state index is 12.3. The molecule has 0 unspecified atom stereocenters. The van der Waals surface area contributed by atoms with Crippen molar-refractivity contribution in [2.75, 3.05) is 14.2 Å². The summed E-state index contributed by atoms with van der Waals surface area (Å²) in [5.74, 6) is 0.842. The lowest BCUT2D eigenvalue weighted by atomic mass is 10.2. The second-order valence-corrected chi connectivity index (χ2v) is 6.12. The summed E-state index contributed by atoms with van der Waals surface area (Å²) in [6, 6.07) is 20.1. The van der Waals surface area contributed by atoms with Gasteiger partial charge >= 0.3 is 5.97 Å². The van der Waals surface area contributed by atoms with E-state index in [1.165, 1.54) is 6.21 Å². The van der Waals surface area contributed by atoms with Crippen molar-refractivity contribution in [2.24, 2.45) is 5.10 Å². The van der Waals surface area contributed by atoms with E-state index in [1.54, 1.807) is 87.0 Å². The first-order chi connectivity index (χ1) is 14.6. The van der Waals surface area contributed by atoms with E-state index in [4.69, 9.17) is 14.2 Å². The third-order valence-electron chi connectivity index (χ3n) is 4.13. The molecule has 0 saturated heterocycles. The number of nitrogens with one attached hydrogen (secondary N) is 1. The van der Waals surface area contributed by atoms with Crippen molar-refractivity contribution < 1.29 is 23.8 Å². The van der Waals surface area contributed by atoms with E-state index < -0.39 is 5.97 Å². The number of hydrogen-bond donors (Lipinski definition) is 1. The van der Waals surface area contributed by atoms with Crippen LogP contribution in [0.5, 0.6) is 17.2 Å². The van der Waals surface area contributed by atoms with Crippen molar-refractivity contribution in [3.05, 3.63) is 89.5 Å². The first kappa shape index (κ1) is 20.6. The van der Waals surface area contributed by atoms with Gasteiger partial charge in [0.05, 0.1) is 26.0 Å². The minimum Gasteiger partial charge on any atom is -0.497 e. The van der Waals surface area contributed by atoms with Crippen molar-refractivity contribution in [3.63, 3.8) is 0 Å². The smallest absolute Gasteiger partial charge is 0.343 e. The highest BCUT2D eigenvalue weighted by atomic mass is 16.5. The number of methoxy groups -OCH3 is 2. The SMILES string of the molecule is COc1ccc(C(=O)NN=Cc2cccc(OC(=O)c3ccc(OC)cc3)c2)cc1. The van der Waals surface area contributed by atoms with E-state index in [-0.39, 0.29) is 5.91 Å². The molecule has 1 amide bonds. The van der Waals surface area contributed by atoms with Gasteiger partial charge in [-0.3, -0.25) is 4.79 Å². The standard InChI is InChI=1S/C23H20N2O5/c1-28-19-10-6-17(7-11-19)22(26)25-24-15-16-4-3-5-21(14-16)30-23(27)18-8-12-20(29-2)13-9-18/h3-15H,1-2H3,(H,25,26). The molecule has 0 bridgehead atoms. The van der Waals surface area contributed by atoms with Crippen LogP contribution >= 0.6 is 0 Å². The number of carbonyl (C=O) groups excluding carboxylic acids is 2. The molecule has 7 heteroatoms. The number of hydrazone groups is 1. The Morgan fingerprint density at radius 3 is 2.00 bits per heavy atom. The van der Waals surface area contributed by atoms with Crippen molar-refractivity contribution in [2.45, 2.75) is 0 Å². The quantitative estimate of drug-likeness (QED) is 0.281. The van der Waals surface area contributed by atoms with Crippen LogP contribution in [0.3, 0.4) is 0 Å². The Hall–Kier alpha value is -4.13. The second-order valence-electron chi connectivity index (χ2n) is 6.12. The molecule has 3 rings (SSSR count). The summed E-state index contributed by atoms with van der Waals surface area (Å²) in [5, 5.41) is 3.95. The highest BCUT2D eigenvalue weighted by Gasteiger charge is 2.09. The Bertz CT molecular complexity index is 1040. The predicted molar refractivity (Wildman–Crippen MR) is 112 cm³/mol. The van der Waals surface area contributed by atoms with Gasteiger partial charge in [0, 0.05) is 5.56 Å². The molecule has 1 N–H and O–H groups in total. The highest BCUT2D eigenvalue weighted by Crippen LogP contribution is 2.16. The zero-order valence-corrected chi connectivity index (χ0v) is 16.5. The fraction of sp³-hybridized carbons (Fsp3) is 0.0870. The molecule has 7 nitrogen and oxygen atoms in total.